The van der Waals surface area contributed by atoms with E-state index in [4.69, 9.17) is 17.3 Å². The van der Waals surface area contributed by atoms with Crippen molar-refractivity contribution in [3.8, 4) is 0 Å². The zero-order valence-corrected chi connectivity index (χ0v) is 10.3. The van der Waals surface area contributed by atoms with Crippen LogP contribution in [0.1, 0.15) is 0 Å². The highest BCUT2D eigenvalue weighted by atomic mass is 35.5. The van der Waals surface area contributed by atoms with Crippen LogP contribution in [0, 0.1) is 0 Å². The van der Waals surface area contributed by atoms with Crippen molar-refractivity contribution in [1.29, 1.82) is 0 Å². The summed E-state index contributed by atoms with van der Waals surface area (Å²) >= 11 is 5.81. The second kappa shape index (κ2) is 4.39. The SMILES string of the molecule is CS(=O)CCn1c(N)nc2cc(Cl)cnc21. The number of aryl methyl sites for hydroxylation is 1. The molecule has 0 spiro atoms. The zero-order chi connectivity index (χ0) is 11.7. The highest BCUT2D eigenvalue weighted by Gasteiger charge is 2.09. The molecule has 0 aliphatic rings. The summed E-state index contributed by atoms with van der Waals surface area (Å²) in [5.74, 6) is 0.898. The fourth-order valence-corrected chi connectivity index (χ4v) is 2.04. The smallest absolute Gasteiger partial charge is 0.202 e. The Hall–Kier alpha value is -1.14. The van der Waals surface area contributed by atoms with Gasteiger partial charge >= 0.3 is 0 Å². The van der Waals surface area contributed by atoms with Crippen molar-refractivity contribution >= 4 is 39.5 Å². The Bertz CT molecular complexity index is 554. The topological polar surface area (TPSA) is 73.8 Å². The largest absolute Gasteiger partial charge is 0.369 e. The molecule has 0 bridgehead atoms. The minimum absolute atomic E-state index is 0.371. The van der Waals surface area contributed by atoms with Gasteiger partial charge in [0, 0.05) is 35.5 Å². The molecule has 2 aromatic heterocycles. The molecule has 2 aromatic rings. The molecule has 2 heterocycles. The van der Waals surface area contributed by atoms with Crippen LogP contribution in [0.2, 0.25) is 5.02 Å². The monoisotopic (exact) mass is 258 g/mol. The molecule has 2 N–H and O–H groups in total. The molecular formula is C9H11ClN4OS. The molecule has 16 heavy (non-hydrogen) atoms. The molecule has 86 valence electrons. The number of rotatable bonds is 3. The van der Waals surface area contributed by atoms with Crippen molar-refractivity contribution in [3.05, 3.63) is 17.3 Å². The van der Waals surface area contributed by atoms with Gasteiger partial charge in [-0.2, -0.15) is 0 Å². The van der Waals surface area contributed by atoms with E-state index in [-0.39, 0.29) is 0 Å². The standard InChI is InChI=1S/C9H11ClN4OS/c1-16(15)3-2-14-8-7(13-9(14)11)4-6(10)5-12-8/h4-5H,2-3H2,1H3,(H2,11,13). The summed E-state index contributed by atoms with van der Waals surface area (Å²) in [5.41, 5.74) is 7.09. The molecule has 2 rings (SSSR count). The normalized spacial score (nSPS) is 13.1. The average molecular weight is 259 g/mol. The lowest BCUT2D eigenvalue weighted by molar-refractivity contribution is 0.679. The van der Waals surface area contributed by atoms with Crippen molar-refractivity contribution in [2.45, 2.75) is 6.54 Å². The first-order chi connectivity index (χ1) is 7.58. The van der Waals surface area contributed by atoms with Gasteiger partial charge in [-0.1, -0.05) is 11.6 Å². The van der Waals surface area contributed by atoms with Gasteiger partial charge in [0.2, 0.25) is 5.95 Å². The Kier molecular flexibility index (Phi) is 3.11. The van der Waals surface area contributed by atoms with E-state index in [1.54, 1.807) is 23.1 Å². The molecule has 0 amide bonds. The van der Waals surface area contributed by atoms with Crippen LogP contribution in [0.4, 0.5) is 5.95 Å². The Labute approximate surface area is 100 Å². The first-order valence-corrected chi connectivity index (χ1v) is 6.75. The van der Waals surface area contributed by atoms with Crippen LogP contribution in [-0.2, 0) is 17.3 Å². The number of nitrogens with two attached hydrogens (primary N) is 1. The van der Waals surface area contributed by atoms with Crippen LogP contribution in [-0.4, -0.2) is 30.8 Å². The molecule has 0 aliphatic carbocycles. The zero-order valence-electron chi connectivity index (χ0n) is 8.68. The van der Waals surface area contributed by atoms with Gasteiger partial charge in [-0.05, 0) is 6.07 Å². The number of aromatic nitrogens is 3. The maximum atomic E-state index is 11.0. The summed E-state index contributed by atoms with van der Waals surface area (Å²) in [6.07, 6.45) is 3.20. The lowest BCUT2D eigenvalue weighted by Crippen LogP contribution is -2.09. The van der Waals surface area contributed by atoms with Crippen molar-refractivity contribution in [1.82, 2.24) is 14.5 Å². The van der Waals surface area contributed by atoms with Crippen molar-refractivity contribution < 1.29 is 4.21 Å². The van der Waals surface area contributed by atoms with Crippen molar-refractivity contribution in [3.63, 3.8) is 0 Å². The van der Waals surface area contributed by atoms with Gasteiger partial charge in [-0.15, -0.1) is 0 Å². The van der Waals surface area contributed by atoms with Gasteiger partial charge in [-0.25, -0.2) is 9.97 Å². The lowest BCUT2D eigenvalue weighted by Gasteiger charge is -2.03. The summed E-state index contributed by atoms with van der Waals surface area (Å²) in [6.45, 7) is 0.542. The predicted molar refractivity (Wildman–Crippen MR) is 65.9 cm³/mol. The highest BCUT2D eigenvalue weighted by Crippen LogP contribution is 2.18. The van der Waals surface area contributed by atoms with Crippen LogP contribution in [0.3, 0.4) is 0 Å². The first kappa shape index (κ1) is 11.3. The molecule has 0 saturated heterocycles. The number of halogens is 1. The number of imidazole rings is 1. The third-order valence-electron chi connectivity index (χ3n) is 2.18. The summed E-state index contributed by atoms with van der Waals surface area (Å²) in [5, 5.41) is 0.524. The predicted octanol–water partition coefficient (Wildman–Crippen LogP) is 1.05. The van der Waals surface area contributed by atoms with Crippen LogP contribution in [0.15, 0.2) is 12.3 Å². The van der Waals surface area contributed by atoms with E-state index in [2.05, 4.69) is 9.97 Å². The number of fused-ring (bicyclic) bond motifs is 1. The summed E-state index contributed by atoms with van der Waals surface area (Å²) < 4.78 is 12.8. The quantitative estimate of drug-likeness (QED) is 0.893. The summed E-state index contributed by atoms with van der Waals surface area (Å²) in [7, 11) is -0.864. The number of nitrogens with zero attached hydrogens (tertiary/aromatic N) is 3. The maximum Gasteiger partial charge on any atom is 0.202 e. The molecule has 0 radical (unpaired) electrons. The van der Waals surface area contributed by atoms with Gasteiger partial charge in [0.1, 0.15) is 5.52 Å². The van der Waals surface area contributed by atoms with E-state index in [0.29, 0.717) is 34.4 Å². The summed E-state index contributed by atoms with van der Waals surface area (Å²) in [6, 6.07) is 1.71. The maximum absolute atomic E-state index is 11.0. The lowest BCUT2D eigenvalue weighted by atomic mass is 10.4. The molecule has 0 fully saturated rings. The number of nitrogen functional groups attached to an aromatic ring is 1. The fraction of sp³-hybridized carbons (Fsp3) is 0.333. The van der Waals surface area contributed by atoms with Gasteiger partial charge in [0.05, 0.1) is 5.02 Å². The molecule has 0 aromatic carbocycles. The van der Waals surface area contributed by atoms with Gasteiger partial charge in [0.15, 0.2) is 5.65 Å². The van der Waals surface area contributed by atoms with E-state index < -0.39 is 10.8 Å². The fourth-order valence-electron chi connectivity index (χ4n) is 1.44. The van der Waals surface area contributed by atoms with E-state index in [0.717, 1.165) is 0 Å². The Morgan fingerprint density at radius 1 is 1.62 bits per heavy atom. The van der Waals surface area contributed by atoms with E-state index in [1.807, 2.05) is 0 Å². The van der Waals surface area contributed by atoms with E-state index >= 15 is 0 Å². The van der Waals surface area contributed by atoms with Gasteiger partial charge in [0.25, 0.3) is 0 Å². The number of hydrogen-bond acceptors (Lipinski definition) is 4. The van der Waals surface area contributed by atoms with Crippen LogP contribution < -0.4 is 5.73 Å². The number of anilines is 1. The summed E-state index contributed by atoms with van der Waals surface area (Å²) in [4.78, 5) is 8.32. The average Bonchev–Trinajstić information content (AvgIpc) is 2.50. The number of hydrogen-bond donors (Lipinski definition) is 1. The van der Waals surface area contributed by atoms with Crippen LogP contribution >= 0.6 is 11.6 Å². The Balaban J connectivity index is 2.43. The molecule has 0 aliphatic heterocycles. The molecule has 1 atom stereocenters. The molecule has 5 nitrogen and oxygen atoms in total. The second-order valence-corrected chi connectivity index (χ2v) is 5.39. The van der Waals surface area contributed by atoms with E-state index in [1.165, 1.54) is 0 Å². The third kappa shape index (κ3) is 2.17. The van der Waals surface area contributed by atoms with Crippen LogP contribution in [0.25, 0.3) is 11.2 Å². The Morgan fingerprint density at radius 2 is 2.38 bits per heavy atom. The molecule has 7 heteroatoms. The second-order valence-electron chi connectivity index (χ2n) is 3.40. The van der Waals surface area contributed by atoms with Crippen molar-refractivity contribution in [2.24, 2.45) is 0 Å². The highest BCUT2D eigenvalue weighted by molar-refractivity contribution is 7.84. The minimum atomic E-state index is -0.864. The number of pyridine rings is 1. The van der Waals surface area contributed by atoms with Crippen molar-refractivity contribution in [2.75, 3.05) is 17.7 Å². The van der Waals surface area contributed by atoms with Gasteiger partial charge in [-0.3, -0.25) is 8.78 Å². The third-order valence-corrected chi connectivity index (χ3v) is 3.15. The molecular weight excluding hydrogens is 248 g/mol. The Morgan fingerprint density at radius 3 is 3.06 bits per heavy atom. The minimum Gasteiger partial charge on any atom is -0.369 e. The first-order valence-electron chi connectivity index (χ1n) is 4.65. The van der Waals surface area contributed by atoms with E-state index in [9.17, 15) is 4.21 Å². The van der Waals surface area contributed by atoms with Gasteiger partial charge < -0.3 is 5.73 Å². The molecule has 0 saturated carbocycles. The molecule has 1 unspecified atom stereocenters. The van der Waals surface area contributed by atoms with Crippen LogP contribution in [0.5, 0.6) is 0 Å².